The van der Waals surface area contributed by atoms with Gasteiger partial charge in [0.25, 0.3) is 0 Å². The van der Waals surface area contributed by atoms with Crippen molar-refractivity contribution in [2.24, 2.45) is 0 Å². The number of ether oxygens (including phenoxy) is 1. The van der Waals surface area contributed by atoms with Crippen molar-refractivity contribution in [2.45, 2.75) is 45.4 Å². The Balaban J connectivity index is 1.55. The molecular weight excluding hydrogens is 332 g/mol. The lowest BCUT2D eigenvalue weighted by molar-refractivity contribution is 0.304. The van der Waals surface area contributed by atoms with E-state index in [2.05, 4.69) is 24.0 Å². The van der Waals surface area contributed by atoms with Gasteiger partial charge >= 0.3 is 0 Å². The second-order valence-electron chi connectivity index (χ2n) is 6.76. The molecule has 27 heavy (non-hydrogen) atoms. The van der Waals surface area contributed by atoms with Crippen LogP contribution in [0.3, 0.4) is 0 Å². The summed E-state index contributed by atoms with van der Waals surface area (Å²) in [5.41, 5.74) is 3.80. The van der Waals surface area contributed by atoms with Crippen molar-refractivity contribution in [3.05, 3.63) is 66.9 Å². The Labute approximate surface area is 162 Å². The molecule has 0 spiro atoms. The minimum Gasteiger partial charge on any atom is -0.494 e. The highest BCUT2D eigenvalue weighted by molar-refractivity contribution is 5.64. The van der Waals surface area contributed by atoms with Crippen LogP contribution in [-0.4, -0.2) is 16.6 Å². The van der Waals surface area contributed by atoms with E-state index in [0.717, 1.165) is 41.4 Å². The van der Waals surface area contributed by atoms with E-state index in [1.54, 1.807) is 6.20 Å². The molecule has 1 aromatic carbocycles. The van der Waals surface area contributed by atoms with Gasteiger partial charge in [0.2, 0.25) is 0 Å². The fourth-order valence-corrected chi connectivity index (χ4v) is 3.05. The number of rotatable bonds is 10. The number of hydrogen-bond acceptors (Lipinski definition) is 3. The van der Waals surface area contributed by atoms with E-state index >= 15 is 0 Å². The molecule has 0 amide bonds. The molecule has 0 unspecified atom stereocenters. The van der Waals surface area contributed by atoms with E-state index in [-0.39, 0.29) is 0 Å². The highest BCUT2D eigenvalue weighted by Crippen LogP contribution is 2.23. The standard InChI is InChI=1S/C24H28N2O/c1-2-3-4-5-6-9-19-27-21-16-14-20(15-17-21)22-12-10-13-24(26-22)23-11-7-8-18-25-23/h7-8,10-18H,2-6,9,19H2,1H3. The van der Waals surface area contributed by atoms with E-state index in [9.17, 15) is 0 Å². The van der Waals surface area contributed by atoms with E-state index in [0.29, 0.717) is 0 Å². The molecule has 0 saturated carbocycles. The Morgan fingerprint density at radius 1 is 0.704 bits per heavy atom. The van der Waals surface area contributed by atoms with Crippen LogP contribution >= 0.6 is 0 Å². The largest absolute Gasteiger partial charge is 0.494 e. The summed E-state index contributed by atoms with van der Waals surface area (Å²) in [6.45, 7) is 3.04. The highest BCUT2D eigenvalue weighted by Gasteiger charge is 2.04. The first kappa shape index (κ1) is 19.1. The molecule has 0 aliphatic carbocycles. The third-order valence-corrected chi connectivity index (χ3v) is 4.59. The zero-order valence-corrected chi connectivity index (χ0v) is 16.1. The minimum absolute atomic E-state index is 0.791. The van der Waals surface area contributed by atoms with Crippen molar-refractivity contribution in [3.8, 4) is 28.4 Å². The average molecular weight is 361 g/mol. The zero-order chi connectivity index (χ0) is 18.7. The number of benzene rings is 1. The fourth-order valence-electron chi connectivity index (χ4n) is 3.05. The fraction of sp³-hybridized carbons (Fsp3) is 0.333. The van der Waals surface area contributed by atoms with Gasteiger partial charge in [-0.1, -0.05) is 51.2 Å². The van der Waals surface area contributed by atoms with Crippen LogP contribution in [0.25, 0.3) is 22.6 Å². The van der Waals surface area contributed by atoms with E-state index in [1.807, 2.05) is 48.5 Å². The normalized spacial score (nSPS) is 10.7. The summed E-state index contributed by atoms with van der Waals surface area (Å²) in [6.07, 6.45) is 9.46. The van der Waals surface area contributed by atoms with Crippen LogP contribution in [0.1, 0.15) is 45.4 Å². The van der Waals surface area contributed by atoms with Gasteiger partial charge in [-0.25, -0.2) is 4.98 Å². The maximum Gasteiger partial charge on any atom is 0.119 e. The summed E-state index contributed by atoms with van der Waals surface area (Å²) < 4.78 is 5.87. The third kappa shape index (κ3) is 5.92. The second kappa shape index (κ2) is 10.5. The number of nitrogens with zero attached hydrogens (tertiary/aromatic N) is 2. The molecule has 3 aromatic rings. The molecule has 140 valence electrons. The minimum atomic E-state index is 0.791. The van der Waals surface area contributed by atoms with Crippen molar-refractivity contribution < 1.29 is 4.74 Å². The van der Waals surface area contributed by atoms with E-state index in [4.69, 9.17) is 9.72 Å². The average Bonchev–Trinajstić information content (AvgIpc) is 2.74. The maximum atomic E-state index is 5.87. The van der Waals surface area contributed by atoms with Crippen LogP contribution in [0.4, 0.5) is 0 Å². The third-order valence-electron chi connectivity index (χ3n) is 4.59. The molecule has 3 nitrogen and oxygen atoms in total. The lowest BCUT2D eigenvalue weighted by Crippen LogP contribution is -1.97. The van der Waals surface area contributed by atoms with Crippen molar-refractivity contribution >= 4 is 0 Å². The first-order chi connectivity index (χ1) is 13.4. The summed E-state index contributed by atoms with van der Waals surface area (Å²) in [5.74, 6) is 0.924. The number of pyridine rings is 2. The van der Waals surface area contributed by atoms with Crippen molar-refractivity contribution in [1.29, 1.82) is 0 Å². The van der Waals surface area contributed by atoms with Gasteiger partial charge in [0, 0.05) is 11.8 Å². The predicted molar refractivity (Wildman–Crippen MR) is 112 cm³/mol. The Morgan fingerprint density at radius 2 is 1.44 bits per heavy atom. The first-order valence-electron chi connectivity index (χ1n) is 9.98. The zero-order valence-electron chi connectivity index (χ0n) is 16.1. The molecule has 0 aliphatic rings. The molecule has 3 rings (SSSR count). The Kier molecular flexibility index (Phi) is 7.40. The molecule has 2 aromatic heterocycles. The lowest BCUT2D eigenvalue weighted by atomic mass is 10.1. The molecule has 0 atom stereocenters. The monoisotopic (exact) mass is 360 g/mol. The summed E-state index contributed by atoms with van der Waals surface area (Å²) >= 11 is 0. The molecule has 0 radical (unpaired) electrons. The second-order valence-corrected chi connectivity index (χ2v) is 6.76. The Hall–Kier alpha value is -2.68. The van der Waals surface area contributed by atoms with Crippen LogP contribution in [0.2, 0.25) is 0 Å². The quantitative estimate of drug-likeness (QED) is 0.385. The van der Waals surface area contributed by atoms with Crippen molar-refractivity contribution in [3.63, 3.8) is 0 Å². The van der Waals surface area contributed by atoms with Gasteiger partial charge in [0.1, 0.15) is 5.75 Å². The molecule has 0 saturated heterocycles. The predicted octanol–water partition coefficient (Wildman–Crippen LogP) is 6.55. The summed E-state index contributed by atoms with van der Waals surface area (Å²) in [6, 6.07) is 20.1. The van der Waals surface area contributed by atoms with Gasteiger partial charge in [-0.3, -0.25) is 4.98 Å². The molecule has 2 heterocycles. The van der Waals surface area contributed by atoms with Crippen LogP contribution in [0.15, 0.2) is 66.9 Å². The lowest BCUT2D eigenvalue weighted by Gasteiger charge is -2.08. The van der Waals surface area contributed by atoms with Crippen LogP contribution in [-0.2, 0) is 0 Å². The Bertz CT molecular complexity index is 800. The summed E-state index contributed by atoms with van der Waals surface area (Å²) in [5, 5.41) is 0. The van der Waals surface area contributed by atoms with Crippen LogP contribution < -0.4 is 4.74 Å². The molecule has 0 N–H and O–H groups in total. The highest BCUT2D eigenvalue weighted by atomic mass is 16.5. The van der Waals surface area contributed by atoms with Crippen molar-refractivity contribution in [2.75, 3.05) is 6.61 Å². The number of unbranched alkanes of at least 4 members (excludes halogenated alkanes) is 5. The van der Waals surface area contributed by atoms with E-state index in [1.165, 1.54) is 32.1 Å². The van der Waals surface area contributed by atoms with Gasteiger partial charge in [0.05, 0.1) is 23.7 Å². The summed E-state index contributed by atoms with van der Waals surface area (Å²) in [7, 11) is 0. The van der Waals surface area contributed by atoms with Crippen molar-refractivity contribution in [1.82, 2.24) is 9.97 Å². The molecule has 3 heteroatoms. The molecular formula is C24H28N2O. The first-order valence-corrected chi connectivity index (χ1v) is 9.98. The van der Waals surface area contributed by atoms with Crippen LogP contribution in [0, 0.1) is 0 Å². The van der Waals surface area contributed by atoms with Gasteiger partial charge in [0.15, 0.2) is 0 Å². The van der Waals surface area contributed by atoms with Gasteiger partial charge in [-0.15, -0.1) is 0 Å². The molecule has 0 bridgehead atoms. The molecule has 0 fully saturated rings. The van der Waals surface area contributed by atoms with Gasteiger partial charge < -0.3 is 4.74 Å². The number of hydrogen-bond donors (Lipinski definition) is 0. The molecule has 0 aliphatic heterocycles. The Morgan fingerprint density at radius 3 is 2.22 bits per heavy atom. The topological polar surface area (TPSA) is 35.0 Å². The maximum absolute atomic E-state index is 5.87. The van der Waals surface area contributed by atoms with Crippen LogP contribution in [0.5, 0.6) is 5.75 Å². The smallest absolute Gasteiger partial charge is 0.119 e. The van der Waals surface area contributed by atoms with Gasteiger partial charge in [-0.2, -0.15) is 0 Å². The summed E-state index contributed by atoms with van der Waals surface area (Å²) in [4.78, 5) is 9.13. The number of aromatic nitrogens is 2. The van der Waals surface area contributed by atoms with Gasteiger partial charge in [-0.05, 0) is 55.0 Å². The SMILES string of the molecule is CCCCCCCCOc1ccc(-c2cccc(-c3ccccn3)n2)cc1. The van der Waals surface area contributed by atoms with E-state index < -0.39 is 0 Å².